The topological polar surface area (TPSA) is 88.0 Å². The van der Waals surface area contributed by atoms with Crippen LogP contribution in [0.3, 0.4) is 0 Å². The van der Waals surface area contributed by atoms with Gasteiger partial charge in [-0.1, -0.05) is 11.6 Å². The van der Waals surface area contributed by atoms with E-state index in [2.05, 4.69) is 21.0 Å². The van der Waals surface area contributed by atoms with E-state index in [1.54, 1.807) is 36.9 Å². The fraction of sp³-hybridized carbons (Fsp3) is 0.353. The van der Waals surface area contributed by atoms with E-state index in [-0.39, 0.29) is 30.8 Å². The van der Waals surface area contributed by atoms with Crippen molar-refractivity contribution in [2.45, 2.75) is 26.8 Å². The Morgan fingerprint density at radius 3 is 2.46 bits per heavy atom. The number of aryl methyl sites for hydroxylation is 2. The number of carbonyl (C=O) groups is 2. The van der Waals surface area contributed by atoms with Crippen molar-refractivity contribution in [3.63, 3.8) is 0 Å². The quantitative estimate of drug-likeness (QED) is 0.696. The van der Waals surface area contributed by atoms with Crippen LogP contribution in [0.4, 0.5) is 11.4 Å². The Balaban J connectivity index is 0.00000338. The molecule has 0 saturated heterocycles. The molecule has 0 aliphatic rings. The summed E-state index contributed by atoms with van der Waals surface area (Å²) in [5, 5.41) is 12.9. The van der Waals surface area contributed by atoms with Gasteiger partial charge in [-0.25, -0.2) is 0 Å². The van der Waals surface area contributed by atoms with Crippen LogP contribution in [0.25, 0.3) is 0 Å². The molecule has 0 fully saturated rings. The van der Waals surface area contributed by atoms with Crippen molar-refractivity contribution >= 4 is 47.2 Å². The molecule has 0 spiro atoms. The van der Waals surface area contributed by atoms with Gasteiger partial charge in [-0.2, -0.15) is 5.10 Å². The lowest BCUT2D eigenvalue weighted by atomic mass is 10.2. The molecule has 3 N–H and O–H groups in total. The molecule has 0 aliphatic heterocycles. The summed E-state index contributed by atoms with van der Waals surface area (Å²) >= 11 is 6.22. The predicted octanol–water partition coefficient (Wildman–Crippen LogP) is 2.93. The summed E-state index contributed by atoms with van der Waals surface area (Å²) in [5.74, 6) is -0.395. The number of aromatic nitrogens is 2. The number of anilines is 2. The number of likely N-dealkylation sites (N-methyl/N-ethyl adjacent to an activating group) is 1. The minimum Gasteiger partial charge on any atom is -0.325 e. The minimum absolute atomic E-state index is 0. The Kier molecular flexibility index (Phi) is 8.08. The third-order valence-electron chi connectivity index (χ3n) is 3.64. The van der Waals surface area contributed by atoms with Gasteiger partial charge < -0.3 is 16.0 Å². The average Bonchev–Trinajstić information content (AvgIpc) is 2.87. The number of halogens is 2. The number of nitrogens with one attached hydrogen (secondary N) is 3. The molecular weight excluding hydrogens is 377 g/mol. The van der Waals surface area contributed by atoms with E-state index in [4.69, 9.17) is 11.6 Å². The molecule has 142 valence electrons. The third kappa shape index (κ3) is 5.45. The normalized spacial score (nSPS) is 11.4. The second-order valence-corrected chi connectivity index (χ2v) is 6.22. The van der Waals surface area contributed by atoms with E-state index < -0.39 is 6.04 Å². The van der Waals surface area contributed by atoms with Crippen molar-refractivity contribution in [1.29, 1.82) is 0 Å². The first-order valence-electron chi connectivity index (χ1n) is 7.89. The van der Waals surface area contributed by atoms with Crippen molar-refractivity contribution in [3.8, 4) is 0 Å². The highest BCUT2D eigenvalue weighted by atomic mass is 35.5. The van der Waals surface area contributed by atoms with Gasteiger partial charge in [0.2, 0.25) is 11.8 Å². The van der Waals surface area contributed by atoms with Gasteiger partial charge in [0.1, 0.15) is 6.04 Å². The first-order valence-corrected chi connectivity index (χ1v) is 8.27. The number of rotatable bonds is 6. The van der Waals surface area contributed by atoms with E-state index in [9.17, 15) is 9.59 Å². The van der Waals surface area contributed by atoms with Gasteiger partial charge in [0.25, 0.3) is 0 Å². The van der Waals surface area contributed by atoms with Crippen LogP contribution < -0.4 is 16.0 Å². The summed E-state index contributed by atoms with van der Waals surface area (Å²) in [5.41, 5.74) is 2.81. The molecule has 9 heteroatoms. The lowest BCUT2D eigenvalue weighted by molar-refractivity contribution is -0.119. The minimum atomic E-state index is -0.472. The van der Waals surface area contributed by atoms with Crippen LogP contribution in [0.1, 0.15) is 24.4 Å². The molecule has 0 aliphatic carbocycles. The van der Waals surface area contributed by atoms with Gasteiger partial charge in [0, 0.05) is 11.4 Å². The van der Waals surface area contributed by atoms with Crippen LogP contribution in [0.2, 0.25) is 5.02 Å². The van der Waals surface area contributed by atoms with Crippen LogP contribution in [0.15, 0.2) is 24.3 Å². The zero-order valence-electron chi connectivity index (χ0n) is 15.1. The van der Waals surface area contributed by atoms with Crippen molar-refractivity contribution in [2.75, 3.05) is 24.2 Å². The first kappa shape index (κ1) is 22.0. The monoisotopic (exact) mass is 399 g/mol. The van der Waals surface area contributed by atoms with Gasteiger partial charge >= 0.3 is 0 Å². The highest BCUT2D eigenvalue weighted by Crippen LogP contribution is 2.26. The summed E-state index contributed by atoms with van der Waals surface area (Å²) in [6.07, 6.45) is 0. The van der Waals surface area contributed by atoms with Crippen LogP contribution in [0, 0.1) is 13.8 Å². The molecule has 2 amide bonds. The SMILES string of the molecule is CNCC(=O)Nc1ccc(NC(=O)C(C)n2nc(C)cc2C)c(Cl)c1.Cl. The molecule has 0 saturated carbocycles. The molecule has 1 atom stereocenters. The molecule has 1 heterocycles. The Hall–Kier alpha value is -2.09. The third-order valence-corrected chi connectivity index (χ3v) is 3.95. The number of carbonyl (C=O) groups excluding carboxylic acids is 2. The fourth-order valence-corrected chi connectivity index (χ4v) is 2.67. The second-order valence-electron chi connectivity index (χ2n) is 5.81. The maximum absolute atomic E-state index is 12.5. The fourth-order valence-electron chi connectivity index (χ4n) is 2.45. The Labute approximate surface area is 163 Å². The Morgan fingerprint density at radius 1 is 1.23 bits per heavy atom. The molecule has 2 aromatic rings. The van der Waals surface area contributed by atoms with Gasteiger partial charge in [-0.15, -0.1) is 12.4 Å². The van der Waals surface area contributed by atoms with Crippen LogP contribution in [0.5, 0.6) is 0 Å². The van der Waals surface area contributed by atoms with E-state index in [1.807, 2.05) is 19.9 Å². The lowest BCUT2D eigenvalue weighted by Crippen LogP contribution is -2.26. The van der Waals surface area contributed by atoms with E-state index >= 15 is 0 Å². The average molecular weight is 400 g/mol. The summed E-state index contributed by atoms with van der Waals surface area (Å²) in [6, 6.07) is 6.38. The van der Waals surface area contributed by atoms with Crippen LogP contribution >= 0.6 is 24.0 Å². The zero-order valence-corrected chi connectivity index (χ0v) is 16.7. The van der Waals surface area contributed by atoms with Crippen molar-refractivity contribution in [3.05, 3.63) is 40.7 Å². The summed E-state index contributed by atoms with van der Waals surface area (Å²) in [6.45, 7) is 5.76. The van der Waals surface area contributed by atoms with Crippen molar-refractivity contribution in [2.24, 2.45) is 0 Å². The molecule has 2 rings (SSSR count). The second kappa shape index (κ2) is 9.56. The number of benzene rings is 1. The predicted molar refractivity (Wildman–Crippen MR) is 106 cm³/mol. The highest BCUT2D eigenvalue weighted by Gasteiger charge is 2.19. The highest BCUT2D eigenvalue weighted by molar-refractivity contribution is 6.34. The van der Waals surface area contributed by atoms with E-state index in [0.717, 1.165) is 11.4 Å². The molecule has 26 heavy (non-hydrogen) atoms. The number of nitrogens with zero attached hydrogens (tertiary/aromatic N) is 2. The molecule has 1 unspecified atom stereocenters. The largest absolute Gasteiger partial charge is 0.325 e. The summed E-state index contributed by atoms with van der Waals surface area (Å²) in [4.78, 5) is 24.0. The molecule has 0 bridgehead atoms. The Bertz CT molecular complexity index is 791. The summed E-state index contributed by atoms with van der Waals surface area (Å²) < 4.78 is 1.67. The molecule has 1 aromatic carbocycles. The number of amides is 2. The van der Waals surface area contributed by atoms with Gasteiger partial charge in [0.05, 0.1) is 22.9 Å². The molecule has 0 radical (unpaired) electrons. The standard InChI is InChI=1S/C17H22ClN5O2.ClH/c1-10-7-11(2)23(22-10)12(3)17(25)21-15-6-5-13(8-14(15)18)20-16(24)9-19-4;/h5-8,12,19H,9H2,1-4H3,(H,20,24)(H,21,25);1H. The molecule has 7 nitrogen and oxygen atoms in total. The first-order chi connectivity index (χ1) is 11.8. The van der Waals surface area contributed by atoms with E-state index in [0.29, 0.717) is 16.4 Å². The number of hydrogen-bond donors (Lipinski definition) is 3. The smallest absolute Gasteiger partial charge is 0.248 e. The maximum atomic E-state index is 12.5. The lowest BCUT2D eigenvalue weighted by Gasteiger charge is -2.16. The maximum Gasteiger partial charge on any atom is 0.248 e. The van der Waals surface area contributed by atoms with Gasteiger partial charge in [0.15, 0.2) is 0 Å². The molecule has 1 aromatic heterocycles. The van der Waals surface area contributed by atoms with Crippen LogP contribution in [-0.2, 0) is 9.59 Å². The van der Waals surface area contributed by atoms with Gasteiger partial charge in [-0.3, -0.25) is 14.3 Å². The van der Waals surface area contributed by atoms with Gasteiger partial charge in [-0.05, 0) is 52.1 Å². The van der Waals surface area contributed by atoms with E-state index in [1.165, 1.54) is 0 Å². The van der Waals surface area contributed by atoms with Crippen LogP contribution in [-0.4, -0.2) is 35.2 Å². The Morgan fingerprint density at radius 2 is 1.92 bits per heavy atom. The summed E-state index contributed by atoms with van der Waals surface area (Å²) in [7, 11) is 1.69. The number of hydrogen-bond acceptors (Lipinski definition) is 4. The molecular formula is C17H23Cl2N5O2. The van der Waals surface area contributed by atoms with Crippen molar-refractivity contribution < 1.29 is 9.59 Å². The van der Waals surface area contributed by atoms with Crippen molar-refractivity contribution in [1.82, 2.24) is 15.1 Å². The zero-order chi connectivity index (χ0) is 18.6.